The van der Waals surface area contributed by atoms with Gasteiger partial charge in [0, 0.05) is 31.7 Å². The molecular formula is C13H20ClN3O. The van der Waals surface area contributed by atoms with Crippen LogP contribution < -0.4 is 0 Å². The Hall–Kier alpha value is -1.03. The van der Waals surface area contributed by atoms with E-state index in [1.165, 1.54) is 0 Å². The van der Waals surface area contributed by atoms with Crippen LogP contribution in [0.5, 0.6) is 0 Å². The Kier molecular flexibility index (Phi) is 4.27. The van der Waals surface area contributed by atoms with Crippen molar-refractivity contribution >= 4 is 17.5 Å². The summed E-state index contributed by atoms with van der Waals surface area (Å²) in [5.74, 6) is 0.610. The van der Waals surface area contributed by atoms with Crippen LogP contribution >= 0.6 is 11.6 Å². The maximum absolute atomic E-state index is 12.6. The van der Waals surface area contributed by atoms with Crippen LogP contribution in [0.15, 0.2) is 6.20 Å². The highest BCUT2D eigenvalue weighted by Gasteiger charge is 2.28. The van der Waals surface area contributed by atoms with E-state index in [1.54, 1.807) is 4.68 Å². The number of aryl methyl sites for hydroxylation is 2. The highest BCUT2D eigenvalue weighted by molar-refractivity contribution is 6.18. The first-order chi connectivity index (χ1) is 8.67. The average Bonchev–Trinajstić information content (AvgIpc) is 2.79. The molecule has 0 aliphatic carbocycles. The van der Waals surface area contributed by atoms with E-state index in [2.05, 4.69) is 5.10 Å². The molecule has 0 bridgehead atoms. The molecule has 1 aliphatic rings. The third-order valence-electron chi connectivity index (χ3n) is 3.54. The first-order valence-corrected chi connectivity index (χ1v) is 7.10. The zero-order valence-corrected chi connectivity index (χ0v) is 11.8. The monoisotopic (exact) mass is 269 g/mol. The number of rotatable bonds is 3. The standard InChI is InChI=1S/C13H20ClN3O/c1-3-12-11(9-16(2)15-12)13(18)17-7-5-4-6-10(17)8-14/h9-10H,3-8H2,1-2H3. The fourth-order valence-corrected chi connectivity index (χ4v) is 2.88. The lowest BCUT2D eigenvalue weighted by Gasteiger charge is -2.34. The molecule has 1 aliphatic heterocycles. The molecule has 0 N–H and O–H groups in total. The van der Waals surface area contributed by atoms with Crippen LogP contribution in [0.3, 0.4) is 0 Å². The Morgan fingerprint density at radius 1 is 1.56 bits per heavy atom. The van der Waals surface area contributed by atoms with E-state index < -0.39 is 0 Å². The number of likely N-dealkylation sites (tertiary alicyclic amines) is 1. The summed E-state index contributed by atoms with van der Waals surface area (Å²) in [4.78, 5) is 14.5. The van der Waals surface area contributed by atoms with Crippen LogP contribution in [-0.2, 0) is 13.5 Å². The molecule has 1 amide bonds. The van der Waals surface area contributed by atoms with E-state index in [-0.39, 0.29) is 11.9 Å². The minimum atomic E-state index is 0.0882. The predicted octanol–water partition coefficient (Wildman–Crippen LogP) is 2.22. The van der Waals surface area contributed by atoms with Crippen molar-refractivity contribution in [2.75, 3.05) is 12.4 Å². The molecule has 0 aromatic carbocycles. The molecule has 2 heterocycles. The fourth-order valence-electron chi connectivity index (χ4n) is 2.56. The topological polar surface area (TPSA) is 38.1 Å². The average molecular weight is 270 g/mol. The van der Waals surface area contributed by atoms with Crippen molar-refractivity contribution in [1.29, 1.82) is 0 Å². The molecular weight excluding hydrogens is 250 g/mol. The summed E-state index contributed by atoms with van der Waals surface area (Å²) in [7, 11) is 1.85. The molecule has 2 rings (SSSR count). The summed E-state index contributed by atoms with van der Waals surface area (Å²) in [6, 6.07) is 0.179. The van der Waals surface area contributed by atoms with Crippen molar-refractivity contribution in [2.24, 2.45) is 7.05 Å². The largest absolute Gasteiger partial charge is 0.334 e. The third kappa shape index (κ3) is 2.53. The maximum atomic E-state index is 12.6. The van der Waals surface area contributed by atoms with Crippen molar-refractivity contribution in [2.45, 2.75) is 38.6 Å². The lowest BCUT2D eigenvalue weighted by Crippen LogP contribution is -2.44. The Bertz CT molecular complexity index is 430. The highest BCUT2D eigenvalue weighted by Crippen LogP contribution is 2.21. The molecule has 1 saturated heterocycles. The van der Waals surface area contributed by atoms with E-state index in [0.29, 0.717) is 5.88 Å². The summed E-state index contributed by atoms with van der Waals surface area (Å²) >= 11 is 5.97. The first-order valence-electron chi connectivity index (χ1n) is 6.56. The molecule has 1 aromatic rings. The van der Waals surface area contributed by atoms with Gasteiger partial charge in [-0.15, -0.1) is 11.6 Å². The lowest BCUT2D eigenvalue weighted by atomic mass is 10.0. The number of carbonyl (C=O) groups excluding carboxylic acids is 1. The number of amides is 1. The Morgan fingerprint density at radius 3 is 3.00 bits per heavy atom. The maximum Gasteiger partial charge on any atom is 0.257 e. The van der Waals surface area contributed by atoms with E-state index in [0.717, 1.165) is 43.5 Å². The lowest BCUT2D eigenvalue weighted by molar-refractivity contribution is 0.0638. The van der Waals surface area contributed by atoms with Crippen LogP contribution in [0.1, 0.15) is 42.2 Å². The normalized spacial score (nSPS) is 20.2. The number of carbonyl (C=O) groups is 1. The van der Waals surface area contributed by atoms with Crippen LogP contribution in [0.25, 0.3) is 0 Å². The minimum Gasteiger partial charge on any atom is -0.334 e. The molecule has 0 saturated carbocycles. The van der Waals surface area contributed by atoms with Crippen molar-refractivity contribution in [3.63, 3.8) is 0 Å². The molecule has 0 spiro atoms. The van der Waals surface area contributed by atoms with Gasteiger partial charge in [-0.3, -0.25) is 9.48 Å². The van der Waals surface area contributed by atoms with Crippen LogP contribution in [-0.4, -0.2) is 39.1 Å². The molecule has 4 nitrogen and oxygen atoms in total. The highest BCUT2D eigenvalue weighted by atomic mass is 35.5. The fraction of sp³-hybridized carbons (Fsp3) is 0.692. The smallest absolute Gasteiger partial charge is 0.257 e. The van der Waals surface area contributed by atoms with Gasteiger partial charge in [0.2, 0.25) is 0 Å². The van der Waals surface area contributed by atoms with Gasteiger partial charge >= 0.3 is 0 Å². The second-order valence-corrected chi connectivity index (χ2v) is 5.13. The van der Waals surface area contributed by atoms with Gasteiger partial charge < -0.3 is 4.90 Å². The number of alkyl halides is 1. The van der Waals surface area contributed by atoms with Gasteiger partial charge in [0.05, 0.1) is 11.3 Å². The minimum absolute atomic E-state index is 0.0882. The molecule has 1 unspecified atom stereocenters. The quantitative estimate of drug-likeness (QED) is 0.789. The van der Waals surface area contributed by atoms with E-state index in [4.69, 9.17) is 11.6 Å². The number of piperidine rings is 1. The van der Waals surface area contributed by atoms with Gasteiger partial charge in [-0.2, -0.15) is 5.10 Å². The number of halogens is 1. The molecule has 1 fully saturated rings. The van der Waals surface area contributed by atoms with Crippen LogP contribution in [0, 0.1) is 0 Å². The number of nitrogens with zero attached hydrogens (tertiary/aromatic N) is 3. The van der Waals surface area contributed by atoms with Crippen molar-refractivity contribution < 1.29 is 4.79 Å². The molecule has 18 heavy (non-hydrogen) atoms. The number of aromatic nitrogens is 2. The molecule has 5 heteroatoms. The Labute approximate surface area is 113 Å². The second kappa shape index (κ2) is 5.74. The van der Waals surface area contributed by atoms with Gasteiger partial charge in [-0.1, -0.05) is 6.92 Å². The van der Waals surface area contributed by atoms with E-state index in [9.17, 15) is 4.79 Å². The van der Waals surface area contributed by atoms with Crippen molar-refractivity contribution in [1.82, 2.24) is 14.7 Å². The molecule has 0 radical (unpaired) electrons. The second-order valence-electron chi connectivity index (χ2n) is 4.82. The summed E-state index contributed by atoms with van der Waals surface area (Å²) in [6.07, 6.45) is 5.84. The molecule has 1 atom stereocenters. The van der Waals surface area contributed by atoms with E-state index in [1.807, 2.05) is 25.1 Å². The Balaban J connectivity index is 2.23. The van der Waals surface area contributed by atoms with Gasteiger partial charge in [-0.05, 0) is 25.7 Å². The summed E-state index contributed by atoms with van der Waals surface area (Å²) < 4.78 is 1.71. The number of hydrogen-bond donors (Lipinski definition) is 0. The van der Waals surface area contributed by atoms with Gasteiger partial charge in [0.25, 0.3) is 5.91 Å². The van der Waals surface area contributed by atoms with Crippen molar-refractivity contribution in [3.8, 4) is 0 Å². The SMILES string of the molecule is CCc1nn(C)cc1C(=O)N1CCCCC1CCl. The summed E-state index contributed by atoms with van der Waals surface area (Å²) in [5, 5.41) is 4.33. The van der Waals surface area contributed by atoms with Gasteiger partial charge in [-0.25, -0.2) is 0 Å². The zero-order valence-electron chi connectivity index (χ0n) is 11.0. The van der Waals surface area contributed by atoms with Gasteiger partial charge in [0.15, 0.2) is 0 Å². The molecule has 1 aromatic heterocycles. The third-order valence-corrected chi connectivity index (χ3v) is 3.89. The first kappa shape index (κ1) is 13.4. The molecule has 100 valence electrons. The Morgan fingerprint density at radius 2 is 2.33 bits per heavy atom. The van der Waals surface area contributed by atoms with Crippen LogP contribution in [0.4, 0.5) is 0 Å². The van der Waals surface area contributed by atoms with Gasteiger partial charge in [0.1, 0.15) is 0 Å². The van der Waals surface area contributed by atoms with Crippen LogP contribution in [0.2, 0.25) is 0 Å². The zero-order chi connectivity index (χ0) is 13.1. The number of hydrogen-bond acceptors (Lipinski definition) is 2. The summed E-state index contributed by atoms with van der Waals surface area (Å²) in [6.45, 7) is 2.84. The summed E-state index contributed by atoms with van der Waals surface area (Å²) in [5.41, 5.74) is 1.61. The van der Waals surface area contributed by atoms with E-state index >= 15 is 0 Å². The predicted molar refractivity (Wildman–Crippen MR) is 72.0 cm³/mol. The van der Waals surface area contributed by atoms with Crippen molar-refractivity contribution in [3.05, 3.63) is 17.5 Å².